The van der Waals surface area contributed by atoms with E-state index in [4.69, 9.17) is 16.3 Å². The molecule has 3 heteroatoms. The molecule has 0 aliphatic heterocycles. The summed E-state index contributed by atoms with van der Waals surface area (Å²) < 4.78 is 5.87. The van der Waals surface area contributed by atoms with Crippen molar-refractivity contribution in [1.82, 2.24) is 0 Å². The summed E-state index contributed by atoms with van der Waals surface area (Å²) in [6, 6.07) is 7.38. The van der Waals surface area contributed by atoms with Crippen LogP contribution in [-0.4, -0.2) is 12.1 Å². The van der Waals surface area contributed by atoms with Gasteiger partial charge in [-0.3, -0.25) is 0 Å². The third kappa shape index (κ3) is 2.19. The van der Waals surface area contributed by atoms with Crippen LogP contribution in [0.3, 0.4) is 0 Å². The van der Waals surface area contributed by atoms with E-state index in [0.29, 0.717) is 17.4 Å². The normalized spacial score (nSPS) is 33.1. The van der Waals surface area contributed by atoms with Crippen molar-refractivity contribution in [2.24, 2.45) is 16.7 Å². The van der Waals surface area contributed by atoms with Crippen molar-refractivity contribution in [3.63, 3.8) is 0 Å². The molecule has 3 atom stereocenters. The molecule has 3 rings (SSSR count). The van der Waals surface area contributed by atoms with Crippen molar-refractivity contribution in [3.8, 4) is 0 Å². The zero-order valence-corrected chi connectivity index (χ0v) is 13.7. The van der Waals surface area contributed by atoms with Crippen LogP contribution < -0.4 is 0 Å². The molecule has 0 N–H and O–H groups in total. The summed E-state index contributed by atoms with van der Waals surface area (Å²) in [5.41, 5.74) is 2.01. The van der Waals surface area contributed by atoms with Gasteiger partial charge in [-0.2, -0.15) is 0 Å². The summed E-state index contributed by atoms with van der Waals surface area (Å²) in [5, 5.41) is 0. The van der Waals surface area contributed by atoms with Gasteiger partial charge in [0.1, 0.15) is 6.10 Å². The number of esters is 1. The fourth-order valence-electron chi connectivity index (χ4n) is 4.24. The van der Waals surface area contributed by atoms with Crippen molar-refractivity contribution in [3.05, 3.63) is 35.4 Å². The highest BCUT2D eigenvalue weighted by atomic mass is 35.5. The molecule has 0 saturated heterocycles. The van der Waals surface area contributed by atoms with Crippen LogP contribution in [0.25, 0.3) is 0 Å². The van der Waals surface area contributed by atoms with Crippen LogP contribution in [0.15, 0.2) is 24.3 Å². The molecule has 0 heterocycles. The highest BCUT2D eigenvalue weighted by molar-refractivity contribution is 6.17. The van der Waals surface area contributed by atoms with Gasteiger partial charge in [-0.05, 0) is 48.3 Å². The second-order valence-corrected chi connectivity index (χ2v) is 7.60. The number of carbonyl (C=O) groups is 1. The third-order valence-electron chi connectivity index (χ3n) is 6.31. The highest BCUT2D eigenvalue weighted by Gasteiger charge is 2.62. The minimum atomic E-state index is -0.203. The first-order chi connectivity index (χ1) is 9.88. The summed E-state index contributed by atoms with van der Waals surface area (Å²) >= 11 is 5.77. The Balaban J connectivity index is 1.74. The summed E-state index contributed by atoms with van der Waals surface area (Å²) in [7, 11) is 0. The van der Waals surface area contributed by atoms with Gasteiger partial charge in [0.05, 0.1) is 5.56 Å². The molecule has 0 amide bonds. The van der Waals surface area contributed by atoms with Crippen LogP contribution >= 0.6 is 11.6 Å². The Morgan fingerprint density at radius 1 is 1.29 bits per heavy atom. The lowest BCUT2D eigenvalue weighted by molar-refractivity contribution is -0.0242. The molecule has 2 nitrogen and oxygen atoms in total. The number of carbonyl (C=O) groups excluding carboxylic acids is 1. The van der Waals surface area contributed by atoms with Gasteiger partial charge in [-0.1, -0.05) is 32.9 Å². The fourth-order valence-corrected chi connectivity index (χ4v) is 4.41. The number of fused-ring (bicyclic) bond motifs is 2. The van der Waals surface area contributed by atoms with E-state index in [2.05, 4.69) is 20.8 Å². The predicted molar refractivity (Wildman–Crippen MR) is 84.4 cm³/mol. The second kappa shape index (κ2) is 5.01. The summed E-state index contributed by atoms with van der Waals surface area (Å²) in [5.74, 6) is 0.941. The van der Waals surface area contributed by atoms with E-state index < -0.39 is 0 Å². The average Bonchev–Trinajstić information content (AvgIpc) is 2.80. The van der Waals surface area contributed by atoms with Crippen LogP contribution in [0.5, 0.6) is 0 Å². The van der Waals surface area contributed by atoms with E-state index in [1.807, 2.05) is 12.1 Å². The Bertz CT molecular complexity index is 549. The van der Waals surface area contributed by atoms with E-state index in [-0.39, 0.29) is 22.9 Å². The van der Waals surface area contributed by atoms with Crippen molar-refractivity contribution in [1.29, 1.82) is 0 Å². The number of hydrogen-bond acceptors (Lipinski definition) is 2. The summed E-state index contributed by atoms with van der Waals surface area (Å²) in [4.78, 5) is 12.4. The second-order valence-electron chi connectivity index (χ2n) is 7.33. The van der Waals surface area contributed by atoms with Crippen molar-refractivity contribution >= 4 is 17.6 Å². The van der Waals surface area contributed by atoms with Gasteiger partial charge in [0, 0.05) is 11.3 Å². The maximum atomic E-state index is 12.4. The molecule has 1 aromatic carbocycles. The minimum Gasteiger partial charge on any atom is -0.458 e. The Morgan fingerprint density at radius 3 is 2.43 bits per heavy atom. The van der Waals surface area contributed by atoms with Crippen molar-refractivity contribution < 1.29 is 9.53 Å². The van der Waals surface area contributed by atoms with Crippen LogP contribution in [0.2, 0.25) is 0 Å². The maximum Gasteiger partial charge on any atom is 0.338 e. The number of halogens is 1. The molecule has 0 radical (unpaired) electrons. The van der Waals surface area contributed by atoms with Gasteiger partial charge in [-0.25, -0.2) is 4.79 Å². The van der Waals surface area contributed by atoms with Crippen molar-refractivity contribution in [2.45, 2.75) is 52.0 Å². The van der Waals surface area contributed by atoms with Gasteiger partial charge in [-0.15, -0.1) is 11.6 Å². The topological polar surface area (TPSA) is 26.3 Å². The molecule has 2 fully saturated rings. The molecule has 1 aromatic rings. The molecule has 114 valence electrons. The first-order valence-electron chi connectivity index (χ1n) is 7.74. The molecule has 2 bridgehead atoms. The molecule has 0 spiro atoms. The number of rotatable bonds is 3. The van der Waals surface area contributed by atoms with Gasteiger partial charge < -0.3 is 4.74 Å². The molecule has 2 aliphatic rings. The van der Waals surface area contributed by atoms with Gasteiger partial charge in [0.25, 0.3) is 0 Å². The first-order valence-corrected chi connectivity index (χ1v) is 8.28. The van der Waals surface area contributed by atoms with Crippen LogP contribution in [0.1, 0.15) is 56.0 Å². The SMILES string of the molecule is CC1(C)C2CCC1(C)C(OC(=O)c1ccc(CCl)cc1)C2. The third-order valence-corrected chi connectivity index (χ3v) is 6.62. The Kier molecular flexibility index (Phi) is 3.56. The molecule has 21 heavy (non-hydrogen) atoms. The van der Waals surface area contributed by atoms with Crippen LogP contribution in [0.4, 0.5) is 0 Å². The monoisotopic (exact) mass is 306 g/mol. The van der Waals surface area contributed by atoms with Gasteiger partial charge in [0.2, 0.25) is 0 Å². The van der Waals surface area contributed by atoms with E-state index in [9.17, 15) is 4.79 Å². The average molecular weight is 307 g/mol. The molecule has 0 aromatic heterocycles. The lowest BCUT2D eigenvalue weighted by Crippen LogP contribution is -2.38. The first kappa shape index (κ1) is 14.9. The zero-order valence-electron chi connectivity index (χ0n) is 13.0. The van der Waals surface area contributed by atoms with E-state index in [1.54, 1.807) is 12.1 Å². The number of ether oxygens (including phenoxy) is 1. The number of benzene rings is 1. The van der Waals surface area contributed by atoms with Gasteiger partial charge >= 0.3 is 5.97 Å². The van der Waals surface area contributed by atoms with Crippen molar-refractivity contribution in [2.75, 3.05) is 0 Å². The Labute approximate surface area is 131 Å². The highest BCUT2D eigenvalue weighted by Crippen LogP contribution is 2.66. The summed E-state index contributed by atoms with van der Waals surface area (Å²) in [6.45, 7) is 6.94. The molecule has 3 unspecified atom stereocenters. The Morgan fingerprint density at radius 2 is 1.95 bits per heavy atom. The standard InChI is InChI=1S/C18H23ClO2/c1-17(2)14-8-9-18(17,3)15(10-14)21-16(20)13-6-4-12(11-19)5-7-13/h4-7,14-15H,8-11H2,1-3H3. The lowest BCUT2D eigenvalue weighted by Gasteiger charge is -2.38. The quantitative estimate of drug-likeness (QED) is 0.592. The lowest BCUT2D eigenvalue weighted by atomic mass is 9.70. The van der Waals surface area contributed by atoms with Crippen LogP contribution in [-0.2, 0) is 10.6 Å². The van der Waals surface area contributed by atoms with E-state index >= 15 is 0 Å². The Hall–Kier alpha value is -1.02. The molecular weight excluding hydrogens is 284 g/mol. The van der Waals surface area contributed by atoms with Gasteiger partial charge in [0.15, 0.2) is 0 Å². The van der Waals surface area contributed by atoms with E-state index in [1.165, 1.54) is 6.42 Å². The molecule has 2 saturated carbocycles. The number of hydrogen-bond donors (Lipinski definition) is 0. The number of alkyl halides is 1. The smallest absolute Gasteiger partial charge is 0.338 e. The predicted octanol–water partition coefficient (Wildman–Crippen LogP) is 4.80. The van der Waals surface area contributed by atoms with Crippen LogP contribution in [0, 0.1) is 16.7 Å². The summed E-state index contributed by atoms with van der Waals surface area (Å²) in [6.07, 6.45) is 3.48. The zero-order chi connectivity index (χ0) is 15.3. The molecule has 2 aliphatic carbocycles. The maximum absolute atomic E-state index is 12.4. The minimum absolute atomic E-state index is 0.0476. The largest absolute Gasteiger partial charge is 0.458 e. The fraction of sp³-hybridized carbons (Fsp3) is 0.611. The molecular formula is C18H23ClO2. The van der Waals surface area contributed by atoms with E-state index in [0.717, 1.165) is 18.4 Å².